The van der Waals surface area contributed by atoms with Crippen molar-refractivity contribution < 1.29 is 13.5 Å². The summed E-state index contributed by atoms with van der Waals surface area (Å²) in [6.45, 7) is 1.80. The third-order valence-corrected chi connectivity index (χ3v) is 4.63. The van der Waals surface area contributed by atoms with Crippen molar-refractivity contribution in [2.45, 2.75) is 18.2 Å². The lowest BCUT2D eigenvalue weighted by Crippen LogP contribution is -2.06. The number of hydrogen-bond acceptors (Lipinski definition) is 3. The maximum absolute atomic E-state index is 11.7. The third-order valence-electron chi connectivity index (χ3n) is 1.72. The summed E-state index contributed by atoms with van der Waals surface area (Å²) in [6, 6.07) is 4.22. The first-order valence-corrected chi connectivity index (χ1v) is 6.63. The van der Waals surface area contributed by atoms with Gasteiger partial charge in [-0.15, -0.1) is 0 Å². The molecule has 0 saturated heterocycles. The molecule has 0 aromatic heterocycles. The molecule has 5 heteroatoms. The molecule has 0 atom stereocenters. The summed E-state index contributed by atoms with van der Waals surface area (Å²) in [6.07, 6.45) is 0.560. The maximum Gasteiger partial charge on any atom is 0.179 e. The van der Waals surface area contributed by atoms with E-state index in [1.165, 1.54) is 18.2 Å². The Balaban J connectivity index is 3.25. The molecule has 1 aromatic rings. The van der Waals surface area contributed by atoms with Crippen LogP contribution in [0.2, 0.25) is 0 Å². The molecule has 0 bridgehead atoms. The minimum absolute atomic E-state index is 0.0390. The van der Waals surface area contributed by atoms with Crippen molar-refractivity contribution >= 4 is 25.8 Å². The van der Waals surface area contributed by atoms with E-state index >= 15 is 0 Å². The van der Waals surface area contributed by atoms with E-state index in [0.717, 1.165) is 0 Å². The second-order valence-electron chi connectivity index (χ2n) is 2.93. The molecule has 1 aromatic carbocycles. The number of phenols is 1. The van der Waals surface area contributed by atoms with Crippen LogP contribution in [-0.4, -0.2) is 19.3 Å². The van der Waals surface area contributed by atoms with Gasteiger partial charge in [0.2, 0.25) is 0 Å². The summed E-state index contributed by atoms with van der Waals surface area (Å²) < 4.78 is 23.8. The van der Waals surface area contributed by atoms with Crippen LogP contribution >= 0.6 is 15.9 Å². The molecule has 0 saturated carbocycles. The fourth-order valence-electron chi connectivity index (χ4n) is 1.11. The van der Waals surface area contributed by atoms with Gasteiger partial charge in [0.1, 0.15) is 5.75 Å². The lowest BCUT2D eigenvalue weighted by atomic mass is 10.3. The van der Waals surface area contributed by atoms with Crippen molar-refractivity contribution in [2.75, 3.05) is 5.75 Å². The van der Waals surface area contributed by atoms with Crippen LogP contribution in [0.5, 0.6) is 5.75 Å². The van der Waals surface area contributed by atoms with Gasteiger partial charge in [0.05, 0.1) is 10.6 Å². The molecule has 0 heterocycles. The lowest BCUT2D eigenvalue weighted by Gasteiger charge is -2.05. The predicted octanol–water partition coefficient (Wildman–Crippen LogP) is 2.34. The van der Waals surface area contributed by atoms with Crippen LogP contribution < -0.4 is 0 Å². The zero-order chi connectivity index (χ0) is 10.8. The predicted molar refractivity (Wildman–Crippen MR) is 58.2 cm³/mol. The molecule has 14 heavy (non-hydrogen) atoms. The zero-order valence-corrected chi connectivity index (χ0v) is 10.1. The summed E-state index contributed by atoms with van der Waals surface area (Å²) in [5, 5.41) is 9.18. The average molecular weight is 279 g/mol. The molecule has 0 spiro atoms. The van der Waals surface area contributed by atoms with Gasteiger partial charge in [-0.1, -0.05) is 6.92 Å². The summed E-state index contributed by atoms with van der Waals surface area (Å²) in [4.78, 5) is 0.152. The first kappa shape index (κ1) is 11.5. The Morgan fingerprint density at radius 2 is 2.07 bits per heavy atom. The van der Waals surface area contributed by atoms with Crippen molar-refractivity contribution in [1.29, 1.82) is 0 Å². The molecule has 3 nitrogen and oxygen atoms in total. The van der Waals surface area contributed by atoms with Gasteiger partial charge >= 0.3 is 0 Å². The molecule has 0 fully saturated rings. The third kappa shape index (κ3) is 2.48. The van der Waals surface area contributed by atoms with E-state index in [1.54, 1.807) is 6.92 Å². The van der Waals surface area contributed by atoms with Crippen molar-refractivity contribution in [3.63, 3.8) is 0 Å². The SMILES string of the molecule is CCCS(=O)(=O)c1cc(O)ccc1Br. The molecule has 1 rings (SSSR count). The molecular weight excluding hydrogens is 268 g/mol. The van der Waals surface area contributed by atoms with Gasteiger partial charge in [-0.05, 0) is 40.5 Å². The molecule has 0 unspecified atom stereocenters. The van der Waals surface area contributed by atoms with Crippen molar-refractivity contribution in [2.24, 2.45) is 0 Å². The quantitative estimate of drug-likeness (QED) is 0.924. The van der Waals surface area contributed by atoms with Crippen LogP contribution in [0.3, 0.4) is 0 Å². The zero-order valence-electron chi connectivity index (χ0n) is 7.70. The maximum atomic E-state index is 11.7. The van der Waals surface area contributed by atoms with Crippen molar-refractivity contribution in [1.82, 2.24) is 0 Å². The molecule has 0 radical (unpaired) electrons. The summed E-state index contributed by atoms with van der Waals surface area (Å²) in [5.41, 5.74) is 0. The highest BCUT2D eigenvalue weighted by Gasteiger charge is 2.17. The first-order chi connectivity index (χ1) is 6.47. The Hall–Kier alpha value is -0.550. The standard InChI is InChI=1S/C9H11BrO3S/c1-2-5-14(12,13)9-6-7(11)3-4-8(9)10/h3-4,6,11H,2,5H2,1H3. The highest BCUT2D eigenvalue weighted by atomic mass is 79.9. The molecule has 0 aliphatic carbocycles. The number of phenolic OH excluding ortho intramolecular Hbond substituents is 1. The van der Waals surface area contributed by atoms with E-state index in [1.807, 2.05) is 0 Å². The van der Waals surface area contributed by atoms with E-state index in [9.17, 15) is 13.5 Å². The van der Waals surface area contributed by atoms with E-state index in [-0.39, 0.29) is 16.4 Å². The number of aromatic hydroxyl groups is 1. The van der Waals surface area contributed by atoms with Crippen LogP contribution in [-0.2, 0) is 9.84 Å². The first-order valence-electron chi connectivity index (χ1n) is 4.18. The second kappa shape index (κ2) is 4.31. The van der Waals surface area contributed by atoms with Crippen molar-refractivity contribution in [3.05, 3.63) is 22.7 Å². The molecule has 0 aliphatic heterocycles. The monoisotopic (exact) mass is 278 g/mol. The van der Waals surface area contributed by atoms with Gasteiger partial charge in [-0.25, -0.2) is 8.42 Å². The van der Waals surface area contributed by atoms with Crippen LogP contribution in [0.25, 0.3) is 0 Å². The Bertz CT molecular complexity index is 426. The van der Waals surface area contributed by atoms with Gasteiger partial charge in [0.15, 0.2) is 9.84 Å². The topological polar surface area (TPSA) is 54.4 Å². The largest absolute Gasteiger partial charge is 0.508 e. The number of sulfone groups is 1. The fraction of sp³-hybridized carbons (Fsp3) is 0.333. The normalized spacial score (nSPS) is 11.6. The van der Waals surface area contributed by atoms with Crippen LogP contribution in [0.1, 0.15) is 13.3 Å². The number of halogens is 1. The highest BCUT2D eigenvalue weighted by molar-refractivity contribution is 9.10. The molecular formula is C9H11BrO3S. The van der Waals surface area contributed by atoms with Gasteiger partial charge in [0.25, 0.3) is 0 Å². The Labute approximate surface area is 91.8 Å². The van der Waals surface area contributed by atoms with Gasteiger partial charge in [0, 0.05) is 4.47 Å². The van der Waals surface area contributed by atoms with E-state index in [0.29, 0.717) is 10.9 Å². The summed E-state index contributed by atoms with van der Waals surface area (Å²) in [7, 11) is -3.27. The van der Waals surface area contributed by atoms with Crippen molar-refractivity contribution in [3.8, 4) is 5.75 Å². The minimum Gasteiger partial charge on any atom is -0.508 e. The van der Waals surface area contributed by atoms with Gasteiger partial charge in [-0.2, -0.15) is 0 Å². The Kier molecular flexibility index (Phi) is 3.55. The van der Waals surface area contributed by atoms with Crippen LogP contribution in [0.15, 0.2) is 27.6 Å². The number of rotatable bonds is 3. The minimum atomic E-state index is -3.27. The smallest absolute Gasteiger partial charge is 0.179 e. The Morgan fingerprint density at radius 1 is 1.43 bits per heavy atom. The second-order valence-corrected chi connectivity index (χ2v) is 5.87. The van der Waals surface area contributed by atoms with Crippen LogP contribution in [0.4, 0.5) is 0 Å². The van der Waals surface area contributed by atoms with Gasteiger partial charge < -0.3 is 5.11 Å². The lowest BCUT2D eigenvalue weighted by molar-refractivity contribution is 0.473. The number of benzene rings is 1. The summed E-state index contributed by atoms with van der Waals surface area (Å²) >= 11 is 3.15. The molecule has 0 amide bonds. The van der Waals surface area contributed by atoms with E-state index in [4.69, 9.17) is 0 Å². The van der Waals surface area contributed by atoms with E-state index in [2.05, 4.69) is 15.9 Å². The average Bonchev–Trinajstić information content (AvgIpc) is 2.09. The van der Waals surface area contributed by atoms with E-state index < -0.39 is 9.84 Å². The molecule has 78 valence electrons. The fourth-order valence-corrected chi connectivity index (χ4v) is 3.52. The number of hydrogen-bond donors (Lipinski definition) is 1. The highest BCUT2D eigenvalue weighted by Crippen LogP contribution is 2.26. The Morgan fingerprint density at radius 3 is 2.64 bits per heavy atom. The van der Waals surface area contributed by atoms with Crippen LogP contribution in [0, 0.1) is 0 Å². The summed E-state index contributed by atoms with van der Waals surface area (Å²) in [5.74, 6) is 0.0533. The van der Waals surface area contributed by atoms with Gasteiger partial charge in [-0.3, -0.25) is 0 Å². The molecule has 0 aliphatic rings. The molecule has 1 N–H and O–H groups in total.